The average molecular weight is 283 g/mol. The molecule has 0 aliphatic carbocycles. The summed E-state index contributed by atoms with van der Waals surface area (Å²) in [5.41, 5.74) is -0.0701. The van der Waals surface area contributed by atoms with Gasteiger partial charge in [0.1, 0.15) is 5.60 Å². The number of amides is 1. The van der Waals surface area contributed by atoms with Crippen LogP contribution in [0.3, 0.4) is 0 Å². The van der Waals surface area contributed by atoms with Crippen LogP contribution in [0.25, 0.3) is 0 Å². The van der Waals surface area contributed by atoms with E-state index in [1.54, 1.807) is 7.11 Å². The Labute approximate surface area is 120 Å². The molecule has 1 amide bonds. The Kier molecular flexibility index (Phi) is 4.29. The second kappa shape index (κ2) is 6.00. The first kappa shape index (κ1) is 14.3. The normalized spacial score (nSPS) is 29.6. The second-order valence-corrected chi connectivity index (χ2v) is 6.26. The van der Waals surface area contributed by atoms with Crippen LogP contribution in [0.5, 0.6) is 0 Å². The highest BCUT2D eigenvalue weighted by atomic mass is 16.5. The summed E-state index contributed by atoms with van der Waals surface area (Å²) >= 11 is 0. The van der Waals surface area contributed by atoms with Gasteiger partial charge >= 0.3 is 0 Å². The maximum atomic E-state index is 12.4. The van der Waals surface area contributed by atoms with Gasteiger partial charge in [-0.25, -0.2) is 0 Å². The topological polar surface area (TPSA) is 48.0 Å². The van der Waals surface area contributed by atoms with Crippen LogP contribution < -0.4 is 0 Å². The number of carbonyl (C=O) groups excluding carboxylic acids is 1. The molecule has 0 bridgehead atoms. The third-order valence-electron chi connectivity index (χ3n) is 5.07. The number of methoxy groups -OCH3 is 1. The number of rotatable bonds is 4. The van der Waals surface area contributed by atoms with Crippen molar-refractivity contribution >= 4 is 5.91 Å². The van der Waals surface area contributed by atoms with E-state index in [4.69, 9.17) is 14.2 Å². The molecular weight excluding hydrogens is 258 g/mol. The number of carbonyl (C=O) groups is 1. The minimum atomic E-state index is -0.0701. The molecule has 5 nitrogen and oxygen atoms in total. The van der Waals surface area contributed by atoms with Gasteiger partial charge in [0.05, 0.1) is 13.1 Å². The first-order valence-electron chi connectivity index (χ1n) is 7.74. The van der Waals surface area contributed by atoms with Gasteiger partial charge in [0.2, 0.25) is 5.91 Å². The number of nitrogens with zero attached hydrogens (tertiary/aromatic N) is 1. The molecule has 3 heterocycles. The van der Waals surface area contributed by atoms with Crippen LogP contribution in [-0.4, -0.2) is 63.0 Å². The van der Waals surface area contributed by atoms with Crippen molar-refractivity contribution in [3.05, 3.63) is 0 Å². The van der Waals surface area contributed by atoms with Crippen LogP contribution in [0.4, 0.5) is 0 Å². The zero-order valence-electron chi connectivity index (χ0n) is 12.3. The van der Waals surface area contributed by atoms with Crippen LogP contribution in [0, 0.1) is 11.8 Å². The van der Waals surface area contributed by atoms with Gasteiger partial charge in [-0.2, -0.15) is 0 Å². The van der Waals surface area contributed by atoms with Crippen molar-refractivity contribution < 1.29 is 19.0 Å². The highest BCUT2D eigenvalue weighted by molar-refractivity contribution is 5.80. The molecule has 1 atom stereocenters. The van der Waals surface area contributed by atoms with Crippen LogP contribution in [0.1, 0.15) is 25.7 Å². The van der Waals surface area contributed by atoms with E-state index in [0.29, 0.717) is 11.8 Å². The molecule has 0 aromatic rings. The van der Waals surface area contributed by atoms with Crippen molar-refractivity contribution in [3.8, 4) is 0 Å². The van der Waals surface area contributed by atoms with E-state index in [1.807, 2.05) is 4.90 Å². The largest absolute Gasteiger partial charge is 0.385 e. The minimum absolute atomic E-state index is 0.0701. The first-order valence-corrected chi connectivity index (χ1v) is 7.74. The van der Waals surface area contributed by atoms with Crippen molar-refractivity contribution in [3.63, 3.8) is 0 Å². The van der Waals surface area contributed by atoms with Crippen LogP contribution in [0.15, 0.2) is 0 Å². The van der Waals surface area contributed by atoms with Gasteiger partial charge in [-0.1, -0.05) is 0 Å². The lowest BCUT2D eigenvalue weighted by molar-refractivity contribution is -0.172. The minimum Gasteiger partial charge on any atom is -0.385 e. The predicted molar refractivity (Wildman–Crippen MR) is 73.4 cm³/mol. The van der Waals surface area contributed by atoms with Crippen molar-refractivity contribution in [2.75, 3.05) is 46.6 Å². The third-order valence-corrected chi connectivity index (χ3v) is 5.07. The molecule has 0 N–H and O–H groups in total. The van der Waals surface area contributed by atoms with Gasteiger partial charge in [0, 0.05) is 39.5 Å². The van der Waals surface area contributed by atoms with E-state index in [2.05, 4.69) is 0 Å². The molecule has 0 saturated carbocycles. The molecule has 1 spiro atoms. The molecule has 0 radical (unpaired) electrons. The SMILES string of the molecule is COCCC1CCOC12CN(C(=O)C1CCOCC1)C2. The highest BCUT2D eigenvalue weighted by Gasteiger charge is 2.54. The van der Waals surface area contributed by atoms with Crippen molar-refractivity contribution in [1.29, 1.82) is 0 Å². The molecule has 3 aliphatic rings. The smallest absolute Gasteiger partial charge is 0.226 e. The van der Waals surface area contributed by atoms with E-state index >= 15 is 0 Å². The van der Waals surface area contributed by atoms with Gasteiger partial charge in [-0.05, 0) is 31.6 Å². The summed E-state index contributed by atoms with van der Waals surface area (Å²) in [7, 11) is 1.74. The number of hydrogen-bond acceptors (Lipinski definition) is 4. The molecule has 5 heteroatoms. The van der Waals surface area contributed by atoms with Crippen LogP contribution in [0.2, 0.25) is 0 Å². The molecular formula is C15H25NO4. The Balaban J connectivity index is 1.52. The summed E-state index contributed by atoms with van der Waals surface area (Å²) in [4.78, 5) is 14.4. The summed E-state index contributed by atoms with van der Waals surface area (Å²) in [6.45, 7) is 4.61. The maximum Gasteiger partial charge on any atom is 0.226 e. The molecule has 3 aliphatic heterocycles. The van der Waals surface area contributed by atoms with E-state index < -0.39 is 0 Å². The zero-order chi connectivity index (χ0) is 14.0. The number of ether oxygens (including phenoxy) is 3. The Morgan fingerprint density at radius 2 is 2.00 bits per heavy atom. The predicted octanol–water partition coefficient (Wildman–Crippen LogP) is 1.07. The molecule has 0 aromatic heterocycles. The number of hydrogen-bond donors (Lipinski definition) is 0. The molecule has 0 aromatic carbocycles. The Morgan fingerprint density at radius 1 is 1.25 bits per heavy atom. The third kappa shape index (κ3) is 2.59. The van der Waals surface area contributed by atoms with E-state index in [1.165, 1.54) is 0 Å². The lowest BCUT2D eigenvalue weighted by Gasteiger charge is -2.51. The molecule has 114 valence electrons. The monoisotopic (exact) mass is 283 g/mol. The first-order chi connectivity index (χ1) is 9.75. The molecule has 3 saturated heterocycles. The fraction of sp³-hybridized carbons (Fsp3) is 0.933. The molecule has 3 fully saturated rings. The lowest BCUT2D eigenvalue weighted by Crippen LogP contribution is -2.67. The quantitative estimate of drug-likeness (QED) is 0.774. The summed E-state index contributed by atoms with van der Waals surface area (Å²) in [6, 6.07) is 0. The fourth-order valence-corrected chi connectivity index (χ4v) is 3.76. The van der Waals surface area contributed by atoms with Gasteiger partial charge < -0.3 is 19.1 Å². The lowest BCUT2D eigenvalue weighted by atomic mass is 9.78. The van der Waals surface area contributed by atoms with Gasteiger partial charge in [-0.15, -0.1) is 0 Å². The summed E-state index contributed by atoms with van der Waals surface area (Å²) in [6.07, 6.45) is 3.88. The summed E-state index contributed by atoms with van der Waals surface area (Å²) in [5, 5.41) is 0. The van der Waals surface area contributed by atoms with Crippen molar-refractivity contribution in [1.82, 2.24) is 4.90 Å². The average Bonchev–Trinajstić information content (AvgIpc) is 2.87. The van der Waals surface area contributed by atoms with E-state index in [9.17, 15) is 4.79 Å². The maximum absolute atomic E-state index is 12.4. The second-order valence-electron chi connectivity index (χ2n) is 6.26. The van der Waals surface area contributed by atoms with Gasteiger partial charge in [0.25, 0.3) is 0 Å². The van der Waals surface area contributed by atoms with Crippen LogP contribution in [-0.2, 0) is 19.0 Å². The molecule has 3 rings (SSSR count). The highest BCUT2D eigenvalue weighted by Crippen LogP contribution is 2.42. The summed E-state index contributed by atoms with van der Waals surface area (Å²) < 4.78 is 16.5. The summed E-state index contributed by atoms with van der Waals surface area (Å²) in [5.74, 6) is 1.01. The fourth-order valence-electron chi connectivity index (χ4n) is 3.76. The Hall–Kier alpha value is -0.650. The van der Waals surface area contributed by atoms with Crippen LogP contribution >= 0.6 is 0 Å². The van der Waals surface area contributed by atoms with Crippen molar-refractivity contribution in [2.24, 2.45) is 11.8 Å². The van der Waals surface area contributed by atoms with E-state index in [-0.39, 0.29) is 11.5 Å². The van der Waals surface area contributed by atoms with Gasteiger partial charge in [0.15, 0.2) is 0 Å². The van der Waals surface area contributed by atoms with Gasteiger partial charge in [-0.3, -0.25) is 4.79 Å². The Morgan fingerprint density at radius 3 is 2.70 bits per heavy atom. The molecule has 1 unspecified atom stereocenters. The molecule has 20 heavy (non-hydrogen) atoms. The van der Waals surface area contributed by atoms with Crippen molar-refractivity contribution in [2.45, 2.75) is 31.3 Å². The van der Waals surface area contributed by atoms with E-state index in [0.717, 1.165) is 65.2 Å². The standard InChI is InChI=1S/C15H25NO4/c1-18-6-4-13-5-9-20-15(13)10-16(11-15)14(17)12-2-7-19-8-3-12/h12-13H,2-11H2,1H3. The number of likely N-dealkylation sites (tertiary alicyclic amines) is 1. The Bertz CT molecular complexity index is 348. The zero-order valence-corrected chi connectivity index (χ0v) is 12.3.